The Morgan fingerprint density at radius 1 is 1.12 bits per heavy atom. The average molecular weight is 486 g/mol. The minimum Gasteiger partial charge on any atom is -0.337 e. The molecule has 0 bridgehead atoms. The smallest absolute Gasteiger partial charge is 0.267 e. The Morgan fingerprint density at radius 2 is 1.82 bits per heavy atom. The zero-order chi connectivity index (χ0) is 23.1. The van der Waals surface area contributed by atoms with Gasteiger partial charge in [-0.3, -0.25) is 14.2 Å². The van der Waals surface area contributed by atoms with Crippen LogP contribution in [-0.4, -0.2) is 38.2 Å². The second-order valence-electron chi connectivity index (χ2n) is 9.12. The van der Waals surface area contributed by atoms with Gasteiger partial charge in [0.25, 0.3) is 5.56 Å². The first kappa shape index (κ1) is 22.6. The number of carbonyl (C=O) groups excluding carboxylic acids is 1. The molecule has 1 aliphatic heterocycles. The highest BCUT2D eigenvalue weighted by atomic mass is 32.2. The lowest BCUT2D eigenvalue weighted by molar-refractivity contribution is -0.134. The normalized spacial score (nSPS) is 20.8. The van der Waals surface area contributed by atoms with E-state index in [0.29, 0.717) is 16.2 Å². The predicted molar refractivity (Wildman–Crippen MR) is 132 cm³/mol. The number of amides is 1. The topological polar surface area (TPSA) is 55.2 Å². The maximum absolute atomic E-state index is 13.7. The molecule has 33 heavy (non-hydrogen) atoms. The maximum Gasteiger partial charge on any atom is 0.267 e. The Bertz CT molecular complexity index is 1240. The first-order valence-electron chi connectivity index (χ1n) is 11.7. The number of hydrogen-bond acceptors (Lipinski definition) is 5. The summed E-state index contributed by atoms with van der Waals surface area (Å²) >= 11 is 2.90. The van der Waals surface area contributed by atoms with Crippen LogP contribution in [0.25, 0.3) is 15.9 Å². The van der Waals surface area contributed by atoms with Crippen molar-refractivity contribution >= 4 is 39.2 Å². The standard InChI is InChI=1S/C25H28FN3O2S2/c1-15-6-5-7-16(2)28(15)21(30)14-32-25-27-23-22(19-8-3-4-9-20(19)33-23)24(31)29(25)18-12-10-17(26)11-13-18/h10-13,15-16H,3-9,14H2,1-2H3/t15-,16-/m1/s1. The number of fused-ring (bicyclic) bond motifs is 3. The molecule has 0 radical (unpaired) electrons. The number of rotatable bonds is 4. The molecule has 0 unspecified atom stereocenters. The maximum atomic E-state index is 13.7. The van der Waals surface area contributed by atoms with E-state index in [4.69, 9.17) is 4.98 Å². The number of thioether (sulfide) groups is 1. The summed E-state index contributed by atoms with van der Waals surface area (Å²) in [6, 6.07) is 6.35. The van der Waals surface area contributed by atoms with Crippen LogP contribution in [0.4, 0.5) is 4.39 Å². The van der Waals surface area contributed by atoms with Gasteiger partial charge in [-0.15, -0.1) is 11.3 Å². The van der Waals surface area contributed by atoms with E-state index in [-0.39, 0.29) is 35.1 Å². The van der Waals surface area contributed by atoms with Gasteiger partial charge in [-0.2, -0.15) is 0 Å². The molecule has 0 saturated carbocycles. The van der Waals surface area contributed by atoms with Crippen molar-refractivity contribution in [2.75, 3.05) is 5.75 Å². The highest BCUT2D eigenvalue weighted by molar-refractivity contribution is 7.99. The summed E-state index contributed by atoms with van der Waals surface area (Å²) in [5, 5.41) is 1.18. The number of likely N-dealkylation sites (tertiary alicyclic amines) is 1. The molecule has 1 fully saturated rings. The van der Waals surface area contributed by atoms with Crippen molar-refractivity contribution in [3.8, 4) is 5.69 Å². The van der Waals surface area contributed by atoms with Gasteiger partial charge < -0.3 is 4.90 Å². The number of benzene rings is 1. The van der Waals surface area contributed by atoms with Gasteiger partial charge in [0.15, 0.2) is 5.16 Å². The van der Waals surface area contributed by atoms with Crippen LogP contribution >= 0.6 is 23.1 Å². The minimum absolute atomic E-state index is 0.0742. The SMILES string of the molecule is C[C@@H]1CCC[C@@H](C)N1C(=O)CSc1nc2sc3c(c2c(=O)n1-c1ccc(F)cc1)CCCC3. The fraction of sp³-hybridized carbons (Fsp3) is 0.480. The van der Waals surface area contributed by atoms with Crippen LogP contribution in [0.2, 0.25) is 0 Å². The molecule has 8 heteroatoms. The third kappa shape index (κ3) is 4.23. The van der Waals surface area contributed by atoms with E-state index in [9.17, 15) is 14.0 Å². The van der Waals surface area contributed by atoms with Crippen LogP contribution in [-0.2, 0) is 17.6 Å². The van der Waals surface area contributed by atoms with Gasteiger partial charge in [0.2, 0.25) is 5.91 Å². The second-order valence-corrected chi connectivity index (χ2v) is 11.1. The van der Waals surface area contributed by atoms with Gasteiger partial charge in [0.1, 0.15) is 10.6 Å². The lowest BCUT2D eigenvalue weighted by Gasteiger charge is -2.39. The summed E-state index contributed by atoms with van der Waals surface area (Å²) in [7, 11) is 0. The monoisotopic (exact) mass is 485 g/mol. The Balaban J connectivity index is 1.55. The van der Waals surface area contributed by atoms with E-state index in [1.165, 1.54) is 28.8 Å². The Kier molecular flexibility index (Phi) is 6.31. The van der Waals surface area contributed by atoms with Crippen molar-refractivity contribution in [1.82, 2.24) is 14.5 Å². The summed E-state index contributed by atoms with van der Waals surface area (Å²) in [4.78, 5) is 35.7. The van der Waals surface area contributed by atoms with Crippen LogP contribution < -0.4 is 5.56 Å². The number of aromatic nitrogens is 2. The van der Waals surface area contributed by atoms with Gasteiger partial charge >= 0.3 is 0 Å². The summed E-state index contributed by atoms with van der Waals surface area (Å²) in [6.45, 7) is 4.21. The largest absolute Gasteiger partial charge is 0.337 e. The summed E-state index contributed by atoms with van der Waals surface area (Å²) < 4.78 is 15.2. The van der Waals surface area contributed by atoms with E-state index in [0.717, 1.165) is 55.3 Å². The van der Waals surface area contributed by atoms with Crippen molar-refractivity contribution in [2.24, 2.45) is 0 Å². The molecule has 0 N–H and O–H groups in total. The van der Waals surface area contributed by atoms with Crippen molar-refractivity contribution < 1.29 is 9.18 Å². The van der Waals surface area contributed by atoms with Gasteiger partial charge in [0.05, 0.1) is 16.8 Å². The van der Waals surface area contributed by atoms with Gasteiger partial charge in [-0.1, -0.05) is 11.8 Å². The van der Waals surface area contributed by atoms with Crippen LogP contribution in [0, 0.1) is 5.82 Å². The van der Waals surface area contributed by atoms with E-state index in [2.05, 4.69) is 13.8 Å². The predicted octanol–water partition coefficient (Wildman–Crippen LogP) is 5.35. The van der Waals surface area contributed by atoms with E-state index >= 15 is 0 Å². The third-order valence-corrected chi connectivity index (χ3v) is 8.96. The van der Waals surface area contributed by atoms with Crippen molar-refractivity contribution in [2.45, 2.75) is 76.0 Å². The molecule has 1 aliphatic carbocycles. The number of nitrogens with zero attached hydrogens (tertiary/aromatic N) is 3. The molecular weight excluding hydrogens is 457 g/mol. The molecule has 2 aliphatic rings. The lowest BCUT2D eigenvalue weighted by atomic mass is 9.97. The Hall–Kier alpha value is -2.19. The summed E-state index contributed by atoms with van der Waals surface area (Å²) in [5.41, 5.74) is 1.57. The Labute approximate surface area is 201 Å². The zero-order valence-corrected chi connectivity index (χ0v) is 20.6. The van der Waals surface area contributed by atoms with Crippen LogP contribution in [0.1, 0.15) is 56.4 Å². The molecule has 1 aromatic carbocycles. The molecule has 2 aromatic heterocycles. The molecule has 0 spiro atoms. The first-order chi connectivity index (χ1) is 15.9. The van der Waals surface area contributed by atoms with Crippen molar-refractivity contribution in [3.05, 3.63) is 50.9 Å². The Morgan fingerprint density at radius 3 is 2.55 bits per heavy atom. The van der Waals surface area contributed by atoms with Crippen LogP contribution in [0.5, 0.6) is 0 Å². The molecule has 174 valence electrons. The highest BCUT2D eigenvalue weighted by Crippen LogP contribution is 2.35. The highest BCUT2D eigenvalue weighted by Gasteiger charge is 2.29. The summed E-state index contributed by atoms with van der Waals surface area (Å²) in [6.07, 6.45) is 7.27. The number of halogens is 1. The fourth-order valence-corrected chi connectivity index (χ4v) is 7.40. The van der Waals surface area contributed by atoms with Gasteiger partial charge in [-0.05, 0) is 88.6 Å². The van der Waals surface area contributed by atoms with Crippen molar-refractivity contribution in [3.63, 3.8) is 0 Å². The number of thiophene rings is 1. The van der Waals surface area contributed by atoms with E-state index in [1.807, 2.05) is 4.90 Å². The number of hydrogen-bond donors (Lipinski definition) is 0. The van der Waals surface area contributed by atoms with Crippen LogP contribution in [0.15, 0.2) is 34.2 Å². The molecule has 3 heterocycles. The number of carbonyl (C=O) groups is 1. The summed E-state index contributed by atoms with van der Waals surface area (Å²) in [5.74, 6) is -0.0600. The quantitative estimate of drug-likeness (QED) is 0.369. The second kappa shape index (κ2) is 9.22. The molecule has 3 aromatic rings. The lowest BCUT2D eigenvalue weighted by Crippen LogP contribution is -2.48. The van der Waals surface area contributed by atoms with Gasteiger partial charge in [-0.25, -0.2) is 9.37 Å². The van der Waals surface area contributed by atoms with E-state index < -0.39 is 0 Å². The number of piperidine rings is 1. The minimum atomic E-state index is -0.355. The molecule has 2 atom stereocenters. The molecule has 5 rings (SSSR count). The zero-order valence-electron chi connectivity index (χ0n) is 19.0. The first-order valence-corrected chi connectivity index (χ1v) is 13.5. The molecule has 5 nitrogen and oxygen atoms in total. The number of aryl methyl sites for hydroxylation is 2. The fourth-order valence-electron chi connectivity index (χ4n) is 5.21. The molecule has 1 saturated heterocycles. The van der Waals surface area contributed by atoms with Crippen LogP contribution in [0.3, 0.4) is 0 Å². The molecular formula is C25H28FN3O2S2. The van der Waals surface area contributed by atoms with E-state index in [1.54, 1.807) is 28.0 Å². The van der Waals surface area contributed by atoms with Crippen molar-refractivity contribution in [1.29, 1.82) is 0 Å². The molecule has 1 amide bonds. The average Bonchev–Trinajstić information content (AvgIpc) is 3.17. The third-order valence-electron chi connectivity index (χ3n) is 6.85. The van der Waals surface area contributed by atoms with Gasteiger partial charge in [0, 0.05) is 17.0 Å².